The number of nitrogens with one attached hydrogen (secondary N) is 1. The molecule has 1 amide bonds. The maximum absolute atomic E-state index is 12.9. The van der Waals surface area contributed by atoms with E-state index in [1.165, 1.54) is 23.5 Å². The predicted molar refractivity (Wildman–Crippen MR) is 99.2 cm³/mol. The number of nitrogens with zero attached hydrogens (tertiary/aromatic N) is 2. The van der Waals surface area contributed by atoms with Crippen molar-refractivity contribution in [1.29, 1.82) is 0 Å². The molecule has 1 atom stereocenters. The third-order valence-corrected chi connectivity index (χ3v) is 4.65. The highest BCUT2D eigenvalue weighted by Crippen LogP contribution is 2.17. The van der Waals surface area contributed by atoms with E-state index in [0.717, 1.165) is 23.7 Å². The van der Waals surface area contributed by atoms with Crippen molar-refractivity contribution in [3.05, 3.63) is 51.7 Å². The zero-order valence-electron chi connectivity index (χ0n) is 13.2. The van der Waals surface area contributed by atoms with Crippen molar-refractivity contribution in [2.45, 2.75) is 19.4 Å². The van der Waals surface area contributed by atoms with Gasteiger partial charge in [0.15, 0.2) is 0 Å². The van der Waals surface area contributed by atoms with Gasteiger partial charge in [0.1, 0.15) is 11.5 Å². The molecule has 1 aromatic heterocycles. The summed E-state index contributed by atoms with van der Waals surface area (Å²) in [5, 5.41) is 5.96. The zero-order chi connectivity index (χ0) is 15.5. The van der Waals surface area contributed by atoms with Crippen LogP contribution in [0, 0.1) is 5.82 Å². The number of benzene rings is 1. The van der Waals surface area contributed by atoms with Crippen molar-refractivity contribution in [3.8, 4) is 0 Å². The molecule has 2 aromatic rings. The Kier molecular flexibility index (Phi) is 8.09. The molecule has 0 saturated carbocycles. The monoisotopic (exact) mass is 391 g/mol. The van der Waals surface area contributed by atoms with E-state index in [9.17, 15) is 9.18 Å². The van der Waals surface area contributed by atoms with Crippen LogP contribution < -0.4 is 5.32 Å². The molecule has 2 heterocycles. The first kappa shape index (κ1) is 20.8. The van der Waals surface area contributed by atoms with Crippen LogP contribution in [0.3, 0.4) is 0 Å². The molecule has 1 fully saturated rings. The molecule has 4 nitrogen and oxygen atoms in total. The minimum absolute atomic E-state index is 0. The maximum atomic E-state index is 12.9. The van der Waals surface area contributed by atoms with Gasteiger partial charge in [-0.3, -0.25) is 4.79 Å². The molecular formula is C16H20Cl2FN3OS. The summed E-state index contributed by atoms with van der Waals surface area (Å²) in [6.07, 6.45) is 0.620. The molecule has 8 heteroatoms. The van der Waals surface area contributed by atoms with E-state index in [1.54, 1.807) is 12.1 Å². The Morgan fingerprint density at radius 3 is 2.75 bits per heavy atom. The quantitative estimate of drug-likeness (QED) is 0.873. The van der Waals surface area contributed by atoms with Gasteiger partial charge >= 0.3 is 0 Å². The number of piperazine rings is 1. The second kappa shape index (κ2) is 9.32. The number of amides is 1. The molecule has 1 aliphatic heterocycles. The SMILES string of the molecule is C[C@H]1CNCCN1C(=O)c1csc(Cc2ccc(F)cc2)n1.Cl.Cl. The lowest BCUT2D eigenvalue weighted by atomic mass is 10.1. The third kappa shape index (κ3) is 4.89. The van der Waals surface area contributed by atoms with Gasteiger partial charge in [-0.1, -0.05) is 12.1 Å². The second-order valence-electron chi connectivity index (χ2n) is 5.48. The minimum atomic E-state index is -0.244. The molecule has 0 radical (unpaired) electrons. The average Bonchev–Trinajstić information content (AvgIpc) is 2.98. The van der Waals surface area contributed by atoms with E-state index in [1.807, 2.05) is 17.2 Å². The highest BCUT2D eigenvalue weighted by atomic mass is 35.5. The van der Waals surface area contributed by atoms with E-state index in [0.29, 0.717) is 18.7 Å². The van der Waals surface area contributed by atoms with Gasteiger partial charge < -0.3 is 10.2 Å². The van der Waals surface area contributed by atoms with Gasteiger partial charge in [0.25, 0.3) is 5.91 Å². The molecule has 0 aliphatic carbocycles. The highest BCUT2D eigenvalue weighted by Gasteiger charge is 2.25. The normalized spacial score (nSPS) is 16.9. The molecule has 24 heavy (non-hydrogen) atoms. The van der Waals surface area contributed by atoms with Crippen LogP contribution in [0.2, 0.25) is 0 Å². The van der Waals surface area contributed by atoms with Crippen molar-refractivity contribution in [3.63, 3.8) is 0 Å². The van der Waals surface area contributed by atoms with Gasteiger partial charge in [0.2, 0.25) is 0 Å². The van der Waals surface area contributed by atoms with Gasteiger partial charge in [-0.25, -0.2) is 9.37 Å². The van der Waals surface area contributed by atoms with Crippen LogP contribution in [-0.2, 0) is 6.42 Å². The molecule has 1 aromatic carbocycles. The zero-order valence-corrected chi connectivity index (χ0v) is 15.6. The highest BCUT2D eigenvalue weighted by molar-refractivity contribution is 7.09. The van der Waals surface area contributed by atoms with E-state index >= 15 is 0 Å². The van der Waals surface area contributed by atoms with Gasteiger partial charge in [0, 0.05) is 37.5 Å². The van der Waals surface area contributed by atoms with Crippen LogP contribution in [0.25, 0.3) is 0 Å². The standard InChI is InChI=1S/C16H18FN3OS.2ClH/c1-11-9-18-6-7-20(11)16(21)14-10-22-15(19-14)8-12-2-4-13(17)5-3-12;;/h2-5,10-11,18H,6-9H2,1H3;2*1H/t11-;;/m0../s1. The topological polar surface area (TPSA) is 45.2 Å². The largest absolute Gasteiger partial charge is 0.332 e. The fourth-order valence-corrected chi connectivity index (χ4v) is 3.36. The molecular weight excluding hydrogens is 372 g/mol. The number of halogens is 3. The van der Waals surface area contributed by atoms with Crippen LogP contribution >= 0.6 is 36.2 Å². The lowest BCUT2D eigenvalue weighted by Crippen LogP contribution is -2.52. The molecule has 1 saturated heterocycles. The fourth-order valence-electron chi connectivity index (χ4n) is 2.56. The first-order chi connectivity index (χ1) is 10.6. The third-order valence-electron chi connectivity index (χ3n) is 3.80. The van der Waals surface area contributed by atoms with Crippen LogP contribution in [0.15, 0.2) is 29.6 Å². The number of carbonyl (C=O) groups is 1. The Hall–Kier alpha value is -1.21. The first-order valence-electron chi connectivity index (χ1n) is 7.34. The number of aromatic nitrogens is 1. The average molecular weight is 392 g/mol. The Bertz CT molecular complexity index is 666. The Morgan fingerprint density at radius 2 is 2.08 bits per heavy atom. The molecule has 1 N–H and O–H groups in total. The van der Waals surface area contributed by atoms with Gasteiger partial charge in [-0.15, -0.1) is 36.2 Å². The first-order valence-corrected chi connectivity index (χ1v) is 8.22. The van der Waals surface area contributed by atoms with Gasteiger partial charge in [0.05, 0.1) is 5.01 Å². The molecule has 1 aliphatic rings. The summed E-state index contributed by atoms with van der Waals surface area (Å²) < 4.78 is 12.9. The van der Waals surface area contributed by atoms with Crippen molar-refractivity contribution in [1.82, 2.24) is 15.2 Å². The number of hydrogen-bond donors (Lipinski definition) is 1. The fraction of sp³-hybridized carbons (Fsp3) is 0.375. The van der Waals surface area contributed by atoms with Crippen molar-refractivity contribution in [2.75, 3.05) is 19.6 Å². The Labute approximate surface area is 157 Å². The van der Waals surface area contributed by atoms with Gasteiger partial charge in [-0.05, 0) is 24.6 Å². The number of carbonyl (C=O) groups excluding carboxylic acids is 1. The number of hydrogen-bond acceptors (Lipinski definition) is 4. The van der Waals surface area contributed by atoms with Crippen LogP contribution in [0.5, 0.6) is 0 Å². The lowest BCUT2D eigenvalue weighted by Gasteiger charge is -2.33. The van der Waals surface area contributed by atoms with Crippen LogP contribution in [0.1, 0.15) is 28.0 Å². The summed E-state index contributed by atoms with van der Waals surface area (Å²) >= 11 is 1.47. The summed E-state index contributed by atoms with van der Waals surface area (Å²) in [4.78, 5) is 18.8. The molecule has 0 unspecified atom stereocenters. The smallest absolute Gasteiger partial charge is 0.273 e. The molecule has 0 bridgehead atoms. The maximum Gasteiger partial charge on any atom is 0.273 e. The Balaban J connectivity index is 0.00000144. The van der Waals surface area contributed by atoms with Crippen molar-refractivity contribution >= 4 is 42.1 Å². The van der Waals surface area contributed by atoms with E-state index in [-0.39, 0.29) is 42.6 Å². The minimum Gasteiger partial charge on any atom is -0.332 e. The lowest BCUT2D eigenvalue weighted by molar-refractivity contribution is 0.0650. The number of rotatable bonds is 3. The van der Waals surface area contributed by atoms with Crippen LogP contribution in [-0.4, -0.2) is 41.5 Å². The van der Waals surface area contributed by atoms with Crippen LogP contribution in [0.4, 0.5) is 4.39 Å². The van der Waals surface area contributed by atoms with Crippen molar-refractivity contribution in [2.24, 2.45) is 0 Å². The van der Waals surface area contributed by atoms with E-state index < -0.39 is 0 Å². The van der Waals surface area contributed by atoms with Crippen molar-refractivity contribution < 1.29 is 9.18 Å². The number of thiazole rings is 1. The molecule has 132 valence electrons. The summed E-state index contributed by atoms with van der Waals surface area (Å²) in [5.41, 5.74) is 1.50. The van der Waals surface area contributed by atoms with E-state index in [2.05, 4.69) is 10.3 Å². The molecule has 0 spiro atoms. The predicted octanol–water partition coefficient (Wildman–Crippen LogP) is 3.15. The second-order valence-corrected chi connectivity index (χ2v) is 6.42. The summed E-state index contributed by atoms with van der Waals surface area (Å²) in [7, 11) is 0. The summed E-state index contributed by atoms with van der Waals surface area (Å²) in [5.74, 6) is -0.248. The van der Waals surface area contributed by atoms with Gasteiger partial charge in [-0.2, -0.15) is 0 Å². The Morgan fingerprint density at radius 1 is 1.38 bits per heavy atom. The van der Waals surface area contributed by atoms with E-state index in [4.69, 9.17) is 0 Å². The summed E-state index contributed by atoms with van der Waals surface area (Å²) in [6.45, 7) is 4.39. The molecule has 3 rings (SSSR count). The summed E-state index contributed by atoms with van der Waals surface area (Å²) in [6, 6.07) is 6.56.